The molecule has 0 radical (unpaired) electrons. The highest BCUT2D eigenvalue weighted by atomic mass is 19.1. The third-order valence-electron chi connectivity index (χ3n) is 6.60. The number of nitrogens with one attached hydrogen (secondary N) is 1. The Morgan fingerprint density at radius 3 is 2.37 bits per heavy atom. The minimum absolute atomic E-state index is 0.00613. The number of nitro benzene ring substituents is 1. The molecule has 0 fully saturated rings. The van der Waals surface area contributed by atoms with E-state index in [-0.39, 0.29) is 29.8 Å². The van der Waals surface area contributed by atoms with Crippen molar-refractivity contribution in [2.24, 2.45) is 0 Å². The molecule has 8 heteroatoms. The van der Waals surface area contributed by atoms with Crippen LogP contribution in [0, 0.1) is 15.9 Å². The molecule has 1 amide bonds. The van der Waals surface area contributed by atoms with E-state index in [2.05, 4.69) is 14.9 Å². The summed E-state index contributed by atoms with van der Waals surface area (Å²) in [6.07, 6.45) is 5.54. The van der Waals surface area contributed by atoms with E-state index in [1.165, 1.54) is 24.3 Å². The summed E-state index contributed by atoms with van der Waals surface area (Å²) in [5, 5.41) is 15.2. The summed E-state index contributed by atoms with van der Waals surface area (Å²) >= 11 is 0. The van der Waals surface area contributed by atoms with Gasteiger partial charge in [0.05, 0.1) is 4.92 Å². The largest absolute Gasteiger partial charge is 0.352 e. The summed E-state index contributed by atoms with van der Waals surface area (Å²) < 4.78 is 15.5. The zero-order valence-electron chi connectivity index (χ0n) is 20.5. The molecule has 0 aliphatic carbocycles. The van der Waals surface area contributed by atoms with Crippen molar-refractivity contribution in [3.63, 3.8) is 0 Å². The third kappa shape index (κ3) is 5.59. The van der Waals surface area contributed by atoms with Crippen LogP contribution in [0.4, 0.5) is 10.1 Å². The maximum atomic E-state index is 13.5. The number of nitrogens with zero attached hydrogens (tertiary/aromatic N) is 3. The highest BCUT2D eigenvalue weighted by molar-refractivity contribution is 5.87. The van der Waals surface area contributed by atoms with Gasteiger partial charge < -0.3 is 9.88 Å². The first-order chi connectivity index (χ1) is 18.5. The monoisotopic (exact) mass is 508 g/mol. The van der Waals surface area contributed by atoms with Crippen molar-refractivity contribution in [2.75, 3.05) is 0 Å². The maximum absolute atomic E-state index is 13.5. The molecular weight excluding hydrogens is 483 g/mol. The molecule has 0 saturated heterocycles. The summed E-state index contributed by atoms with van der Waals surface area (Å²) in [6.45, 7) is 0.905. The summed E-state index contributed by atoms with van der Waals surface area (Å²) in [5.41, 5.74) is 4.61. The molecule has 1 unspecified atom stereocenters. The fourth-order valence-electron chi connectivity index (χ4n) is 4.66. The number of rotatable bonds is 9. The number of carbonyl (C=O) groups is 1. The lowest BCUT2D eigenvalue weighted by atomic mass is 9.88. The SMILES string of the molecule is O=C(CC(c1ccc([N+](=O)[O-])cc1)c1cn(Cc2ccc(F)cc2)c2ccccc12)NCc1ccncc1. The Balaban J connectivity index is 1.50. The predicted octanol–water partition coefficient (Wildman–Crippen LogP) is 5.97. The summed E-state index contributed by atoms with van der Waals surface area (Å²) in [7, 11) is 0. The Morgan fingerprint density at radius 2 is 1.66 bits per heavy atom. The van der Waals surface area contributed by atoms with Crippen molar-refractivity contribution in [3.8, 4) is 0 Å². The molecule has 2 heterocycles. The number of para-hydroxylation sites is 1. The second kappa shape index (κ2) is 11.0. The maximum Gasteiger partial charge on any atom is 0.269 e. The lowest BCUT2D eigenvalue weighted by Gasteiger charge is -2.17. The van der Waals surface area contributed by atoms with Crippen LogP contribution in [-0.4, -0.2) is 20.4 Å². The number of nitro groups is 1. The van der Waals surface area contributed by atoms with Crippen LogP contribution in [0.15, 0.2) is 104 Å². The minimum atomic E-state index is -0.436. The van der Waals surface area contributed by atoms with Gasteiger partial charge >= 0.3 is 0 Å². The number of non-ortho nitro benzene ring substituents is 1. The third-order valence-corrected chi connectivity index (χ3v) is 6.60. The van der Waals surface area contributed by atoms with E-state index in [1.807, 2.05) is 42.6 Å². The number of hydrogen-bond donors (Lipinski definition) is 1. The quantitative estimate of drug-likeness (QED) is 0.196. The van der Waals surface area contributed by atoms with Gasteiger partial charge in [-0.1, -0.05) is 42.5 Å². The molecule has 38 heavy (non-hydrogen) atoms. The average molecular weight is 509 g/mol. The van der Waals surface area contributed by atoms with Crippen LogP contribution >= 0.6 is 0 Å². The second-order valence-corrected chi connectivity index (χ2v) is 9.09. The Labute approximate surface area is 218 Å². The standard InChI is InChI=1S/C30H25FN4O3/c31-24-9-5-22(6-10-24)19-34-20-28(26-3-1-2-4-29(26)34)27(23-7-11-25(12-8-23)35(37)38)17-30(36)33-18-21-13-15-32-16-14-21/h1-16,20,27H,17-19H2,(H,33,36). The van der Waals surface area contributed by atoms with Crippen LogP contribution in [0.3, 0.4) is 0 Å². The highest BCUT2D eigenvalue weighted by Gasteiger charge is 2.23. The number of aromatic nitrogens is 2. The zero-order chi connectivity index (χ0) is 26.5. The van der Waals surface area contributed by atoms with Gasteiger partial charge in [0.15, 0.2) is 0 Å². The van der Waals surface area contributed by atoms with Crippen molar-refractivity contribution in [2.45, 2.75) is 25.4 Å². The molecule has 5 aromatic rings. The van der Waals surface area contributed by atoms with Gasteiger partial charge in [-0.15, -0.1) is 0 Å². The van der Waals surface area contributed by atoms with Gasteiger partial charge in [0.25, 0.3) is 5.69 Å². The number of amides is 1. The van der Waals surface area contributed by atoms with E-state index in [0.717, 1.165) is 33.2 Å². The van der Waals surface area contributed by atoms with E-state index >= 15 is 0 Å². The zero-order valence-corrected chi connectivity index (χ0v) is 20.5. The fourth-order valence-corrected chi connectivity index (χ4v) is 4.66. The van der Waals surface area contributed by atoms with E-state index in [1.54, 1.807) is 36.7 Å². The molecule has 190 valence electrons. The summed E-state index contributed by atoms with van der Waals surface area (Å²) in [4.78, 5) is 27.9. The molecule has 1 N–H and O–H groups in total. The lowest BCUT2D eigenvalue weighted by Crippen LogP contribution is -2.25. The van der Waals surface area contributed by atoms with Gasteiger partial charge in [-0.3, -0.25) is 19.9 Å². The normalized spacial score (nSPS) is 11.8. The first-order valence-electron chi connectivity index (χ1n) is 12.2. The van der Waals surface area contributed by atoms with E-state index in [9.17, 15) is 19.3 Å². The predicted molar refractivity (Wildman–Crippen MR) is 143 cm³/mol. The van der Waals surface area contributed by atoms with E-state index < -0.39 is 4.92 Å². The van der Waals surface area contributed by atoms with Crippen molar-refractivity contribution in [3.05, 3.63) is 142 Å². The van der Waals surface area contributed by atoms with Crippen LogP contribution < -0.4 is 5.32 Å². The Bertz CT molecular complexity index is 1570. The number of fused-ring (bicyclic) bond motifs is 1. The van der Waals surface area contributed by atoms with Gasteiger partial charge in [0.1, 0.15) is 5.82 Å². The van der Waals surface area contributed by atoms with Crippen molar-refractivity contribution < 1.29 is 14.1 Å². The number of pyridine rings is 1. The molecule has 0 aliphatic heterocycles. The molecule has 0 spiro atoms. The topological polar surface area (TPSA) is 90.1 Å². The highest BCUT2D eigenvalue weighted by Crippen LogP contribution is 2.36. The number of carbonyl (C=O) groups excluding carboxylic acids is 1. The Morgan fingerprint density at radius 1 is 0.947 bits per heavy atom. The summed E-state index contributed by atoms with van der Waals surface area (Å²) in [5.74, 6) is -0.768. The van der Waals surface area contributed by atoms with Crippen LogP contribution in [0.2, 0.25) is 0 Å². The lowest BCUT2D eigenvalue weighted by molar-refractivity contribution is -0.384. The van der Waals surface area contributed by atoms with Crippen molar-refractivity contribution >= 4 is 22.5 Å². The molecule has 2 aromatic heterocycles. The average Bonchev–Trinajstić information content (AvgIpc) is 3.30. The Hall–Kier alpha value is -4.85. The molecule has 3 aromatic carbocycles. The van der Waals surface area contributed by atoms with E-state index in [0.29, 0.717) is 13.1 Å². The molecule has 7 nitrogen and oxygen atoms in total. The fraction of sp³-hybridized carbons (Fsp3) is 0.133. The van der Waals surface area contributed by atoms with Gasteiger partial charge in [-0.2, -0.15) is 0 Å². The number of benzene rings is 3. The first kappa shape index (κ1) is 24.8. The van der Waals surface area contributed by atoms with Gasteiger partial charge in [0, 0.05) is 67.1 Å². The van der Waals surface area contributed by atoms with Crippen LogP contribution in [0.1, 0.15) is 34.6 Å². The number of hydrogen-bond acceptors (Lipinski definition) is 4. The van der Waals surface area contributed by atoms with Crippen LogP contribution in [0.25, 0.3) is 10.9 Å². The number of halogens is 1. The second-order valence-electron chi connectivity index (χ2n) is 9.09. The molecule has 5 rings (SSSR count). The summed E-state index contributed by atoms with van der Waals surface area (Å²) in [6, 6.07) is 24.4. The van der Waals surface area contributed by atoms with Crippen LogP contribution in [-0.2, 0) is 17.9 Å². The van der Waals surface area contributed by atoms with E-state index in [4.69, 9.17) is 0 Å². The molecule has 0 saturated carbocycles. The minimum Gasteiger partial charge on any atom is -0.352 e. The Kier molecular flexibility index (Phi) is 7.21. The first-order valence-corrected chi connectivity index (χ1v) is 12.2. The van der Waals surface area contributed by atoms with Crippen LogP contribution in [0.5, 0.6) is 0 Å². The molecule has 1 atom stereocenters. The van der Waals surface area contributed by atoms with Gasteiger partial charge in [-0.05, 0) is 52.6 Å². The molecule has 0 bridgehead atoms. The van der Waals surface area contributed by atoms with Crippen molar-refractivity contribution in [1.82, 2.24) is 14.9 Å². The van der Waals surface area contributed by atoms with Gasteiger partial charge in [-0.25, -0.2) is 4.39 Å². The van der Waals surface area contributed by atoms with Gasteiger partial charge in [0.2, 0.25) is 5.91 Å². The van der Waals surface area contributed by atoms with Crippen molar-refractivity contribution in [1.29, 1.82) is 0 Å². The molecule has 0 aliphatic rings. The smallest absolute Gasteiger partial charge is 0.269 e. The molecular formula is C30H25FN4O3.